The molecule has 0 bridgehead atoms. The molecule has 1 nitrogen and oxygen atoms in total. The van der Waals surface area contributed by atoms with Gasteiger partial charge in [-0.25, -0.2) is 8.78 Å². The van der Waals surface area contributed by atoms with E-state index in [0.717, 1.165) is 18.2 Å². The second-order valence-corrected chi connectivity index (χ2v) is 2.95. The van der Waals surface area contributed by atoms with Crippen LogP contribution in [0.5, 0.6) is 0 Å². The predicted octanol–water partition coefficient (Wildman–Crippen LogP) is 2.03. The van der Waals surface area contributed by atoms with Crippen molar-refractivity contribution in [3.8, 4) is 0 Å². The van der Waals surface area contributed by atoms with Gasteiger partial charge >= 0.3 is 0 Å². The number of hydrogen-bond donors (Lipinski definition) is 1. The maximum atomic E-state index is 13.1. The summed E-state index contributed by atoms with van der Waals surface area (Å²) in [5.41, 5.74) is 1.41. The van der Waals surface area contributed by atoms with Crippen LogP contribution in [-0.4, -0.2) is 6.54 Å². The first-order chi connectivity index (χ1) is 5.77. The van der Waals surface area contributed by atoms with Crippen molar-refractivity contribution in [3.63, 3.8) is 0 Å². The topological polar surface area (TPSA) is 12.0 Å². The molecule has 0 saturated carbocycles. The lowest BCUT2D eigenvalue weighted by Gasteiger charge is -2.17. The molecule has 0 saturated heterocycles. The Bertz CT molecular complexity index is 315. The van der Waals surface area contributed by atoms with Crippen molar-refractivity contribution in [3.05, 3.63) is 34.9 Å². The molecule has 0 aromatic heterocycles. The van der Waals surface area contributed by atoms with Crippen LogP contribution in [0.2, 0.25) is 0 Å². The van der Waals surface area contributed by atoms with Crippen molar-refractivity contribution in [2.75, 3.05) is 6.54 Å². The Labute approximate surface area is 81.6 Å². The summed E-state index contributed by atoms with van der Waals surface area (Å²) in [4.78, 5) is 0. The largest absolute Gasteiger partial charge is 0.312 e. The minimum atomic E-state index is -0.479. The SMILES string of the molecule is Cl.Fc1cc(F)c2c(c1)CCNC2. The molecule has 0 atom stereocenters. The fourth-order valence-corrected chi connectivity index (χ4v) is 1.51. The normalized spacial score (nSPS) is 14.6. The summed E-state index contributed by atoms with van der Waals surface area (Å²) >= 11 is 0. The first-order valence-electron chi connectivity index (χ1n) is 3.95. The van der Waals surface area contributed by atoms with Gasteiger partial charge in [-0.1, -0.05) is 0 Å². The number of rotatable bonds is 0. The monoisotopic (exact) mass is 205 g/mol. The van der Waals surface area contributed by atoms with Gasteiger partial charge in [0.05, 0.1) is 0 Å². The third-order valence-corrected chi connectivity index (χ3v) is 2.13. The molecule has 0 amide bonds. The number of hydrogen-bond acceptors (Lipinski definition) is 1. The third kappa shape index (κ3) is 1.98. The van der Waals surface area contributed by atoms with E-state index < -0.39 is 11.6 Å². The summed E-state index contributed by atoms with van der Waals surface area (Å²) < 4.78 is 25.7. The van der Waals surface area contributed by atoms with Crippen LogP contribution >= 0.6 is 12.4 Å². The number of nitrogens with one attached hydrogen (secondary N) is 1. The Balaban J connectivity index is 0.000000845. The second kappa shape index (κ2) is 4.03. The molecule has 1 N–H and O–H groups in total. The highest BCUT2D eigenvalue weighted by Crippen LogP contribution is 2.18. The van der Waals surface area contributed by atoms with Gasteiger partial charge in [-0.3, -0.25) is 0 Å². The number of halogens is 3. The first kappa shape index (κ1) is 10.4. The highest BCUT2D eigenvalue weighted by atomic mass is 35.5. The molecule has 2 rings (SSSR count). The van der Waals surface area contributed by atoms with E-state index in [2.05, 4.69) is 5.32 Å². The second-order valence-electron chi connectivity index (χ2n) is 2.95. The highest BCUT2D eigenvalue weighted by molar-refractivity contribution is 5.85. The van der Waals surface area contributed by atoms with Crippen molar-refractivity contribution in [1.29, 1.82) is 0 Å². The van der Waals surface area contributed by atoms with Gasteiger partial charge in [0.15, 0.2) is 0 Å². The molecule has 0 unspecified atom stereocenters. The van der Waals surface area contributed by atoms with Gasteiger partial charge in [0.2, 0.25) is 0 Å². The molecule has 13 heavy (non-hydrogen) atoms. The third-order valence-electron chi connectivity index (χ3n) is 2.13. The average molecular weight is 206 g/mol. The maximum Gasteiger partial charge on any atom is 0.130 e. The lowest BCUT2D eigenvalue weighted by atomic mass is 10.0. The zero-order chi connectivity index (χ0) is 8.55. The van der Waals surface area contributed by atoms with Crippen LogP contribution < -0.4 is 5.32 Å². The van der Waals surface area contributed by atoms with Crippen LogP contribution in [0.1, 0.15) is 11.1 Å². The van der Waals surface area contributed by atoms with Gasteiger partial charge in [-0.15, -0.1) is 12.4 Å². The molecule has 1 aliphatic heterocycles. The smallest absolute Gasteiger partial charge is 0.130 e. The van der Waals surface area contributed by atoms with E-state index in [9.17, 15) is 8.78 Å². The van der Waals surface area contributed by atoms with Crippen molar-refractivity contribution < 1.29 is 8.78 Å². The van der Waals surface area contributed by atoms with E-state index in [4.69, 9.17) is 0 Å². The molecule has 1 aliphatic rings. The van der Waals surface area contributed by atoms with E-state index in [1.807, 2.05) is 0 Å². The van der Waals surface area contributed by atoms with Crippen molar-refractivity contribution >= 4 is 12.4 Å². The van der Waals surface area contributed by atoms with Crippen molar-refractivity contribution in [1.82, 2.24) is 5.32 Å². The average Bonchev–Trinajstić information content (AvgIpc) is 2.04. The molecule has 4 heteroatoms. The quantitative estimate of drug-likeness (QED) is 0.684. The summed E-state index contributed by atoms with van der Waals surface area (Å²) in [6.45, 7) is 1.32. The van der Waals surface area contributed by atoms with Gasteiger partial charge in [0, 0.05) is 18.2 Å². The van der Waals surface area contributed by atoms with Gasteiger partial charge in [0.25, 0.3) is 0 Å². The fourth-order valence-electron chi connectivity index (χ4n) is 1.51. The van der Waals surface area contributed by atoms with Crippen LogP contribution in [0.25, 0.3) is 0 Å². The molecular weight excluding hydrogens is 196 g/mol. The molecular formula is C9H10ClF2N. The Kier molecular flexibility index (Phi) is 3.22. The Hall–Kier alpha value is -0.670. The van der Waals surface area contributed by atoms with Crippen LogP contribution in [0.15, 0.2) is 12.1 Å². The molecule has 0 aliphatic carbocycles. The molecule has 0 radical (unpaired) electrons. The van der Waals surface area contributed by atoms with Gasteiger partial charge in [-0.2, -0.15) is 0 Å². The van der Waals surface area contributed by atoms with E-state index in [1.165, 1.54) is 6.07 Å². The van der Waals surface area contributed by atoms with Gasteiger partial charge < -0.3 is 5.32 Å². The Morgan fingerprint density at radius 1 is 1.23 bits per heavy atom. The fraction of sp³-hybridized carbons (Fsp3) is 0.333. The Morgan fingerprint density at radius 3 is 2.77 bits per heavy atom. The molecule has 1 aromatic carbocycles. The summed E-state index contributed by atoms with van der Waals surface area (Å²) in [5.74, 6) is -0.912. The predicted molar refractivity (Wildman–Crippen MR) is 49.0 cm³/mol. The number of benzene rings is 1. The van der Waals surface area contributed by atoms with E-state index in [1.54, 1.807) is 0 Å². The number of fused-ring (bicyclic) bond motifs is 1. The van der Waals surface area contributed by atoms with Crippen molar-refractivity contribution in [2.45, 2.75) is 13.0 Å². The lowest BCUT2D eigenvalue weighted by molar-refractivity contribution is 0.538. The Morgan fingerprint density at radius 2 is 2.00 bits per heavy atom. The minimum absolute atomic E-state index is 0. The molecule has 1 heterocycles. The first-order valence-corrected chi connectivity index (χ1v) is 3.95. The van der Waals surface area contributed by atoms with E-state index >= 15 is 0 Å². The van der Waals surface area contributed by atoms with E-state index in [0.29, 0.717) is 18.5 Å². The van der Waals surface area contributed by atoms with Crippen molar-refractivity contribution in [2.24, 2.45) is 0 Å². The summed E-state index contributed by atoms with van der Waals surface area (Å²) in [5, 5.41) is 3.04. The molecule has 72 valence electrons. The molecule has 0 spiro atoms. The molecule has 0 fully saturated rings. The zero-order valence-electron chi connectivity index (χ0n) is 6.94. The van der Waals surface area contributed by atoms with Crippen LogP contribution in [0, 0.1) is 11.6 Å². The maximum absolute atomic E-state index is 13.1. The van der Waals surface area contributed by atoms with Gasteiger partial charge in [-0.05, 0) is 24.6 Å². The summed E-state index contributed by atoms with van der Waals surface area (Å²) in [6.07, 6.45) is 0.712. The lowest BCUT2D eigenvalue weighted by Crippen LogP contribution is -2.24. The standard InChI is InChI=1S/C9H9F2N.ClH/c10-7-3-6-1-2-12-5-8(6)9(11)4-7;/h3-4,12H,1-2,5H2;1H. The summed E-state index contributed by atoms with van der Waals surface area (Å²) in [6, 6.07) is 2.35. The minimum Gasteiger partial charge on any atom is -0.312 e. The zero-order valence-corrected chi connectivity index (χ0v) is 7.76. The summed E-state index contributed by atoms with van der Waals surface area (Å²) in [7, 11) is 0. The van der Waals surface area contributed by atoms with Crippen LogP contribution in [0.3, 0.4) is 0 Å². The van der Waals surface area contributed by atoms with Gasteiger partial charge in [0.1, 0.15) is 11.6 Å². The molecule has 1 aromatic rings. The highest BCUT2D eigenvalue weighted by Gasteiger charge is 2.13. The van der Waals surface area contributed by atoms with Crippen LogP contribution in [-0.2, 0) is 13.0 Å². The van der Waals surface area contributed by atoms with E-state index in [-0.39, 0.29) is 12.4 Å². The van der Waals surface area contributed by atoms with Crippen LogP contribution in [0.4, 0.5) is 8.78 Å².